The van der Waals surface area contributed by atoms with E-state index in [1.54, 1.807) is 0 Å². The molecule has 1 aromatic heterocycles. The van der Waals surface area contributed by atoms with Crippen LogP contribution in [0.5, 0.6) is 0 Å². The fourth-order valence-electron chi connectivity index (χ4n) is 0.769. The zero-order valence-corrected chi connectivity index (χ0v) is 7.78. The molecule has 0 bridgehead atoms. The van der Waals surface area contributed by atoms with Gasteiger partial charge in [-0.3, -0.25) is 0 Å². The van der Waals surface area contributed by atoms with Crippen molar-refractivity contribution in [2.24, 2.45) is 0 Å². The van der Waals surface area contributed by atoms with Crippen molar-refractivity contribution >= 4 is 29.2 Å². The monoisotopic (exact) mass is 227 g/mol. The van der Waals surface area contributed by atoms with Crippen LogP contribution in [0, 0.1) is 0 Å². The van der Waals surface area contributed by atoms with Gasteiger partial charge in [-0.1, -0.05) is 23.2 Å². The van der Waals surface area contributed by atoms with Gasteiger partial charge in [0.25, 0.3) is 0 Å². The van der Waals surface area contributed by atoms with Crippen LogP contribution in [0.3, 0.4) is 0 Å². The molecule has 0 saturated carbocycles. The number of rotatable bonds is 2. The van der Waals surface area contributed by atoms with Crippen molar-refractivity contribution in [1.29, 1.82) is 0 Å². The lowest BCUT2D eigenvalue weighted by molar-refractivity contribution is 0.149. The van der Waals surface area contributed by atoms with Gasteiger partial charge in [0, 0.05) is 12.0 Å². The molecule has 0 aromatic carbocycles. The number of alkyl halides is 2. The van der Waals surface area contributed by atoms with Crippen molar-refractivity contribution in [1.82, 2.24) is 9.97 Å². The van der Waals surface area contributed by atoms with Crippen LogP contribution in [0.2, 0.25) is 10.3 Å². The van der Waals surface area contributed by atoms with E-state index in [0.717, 1.165) is 0 Å². The van der Waals surface area contributed by atoms with Crippen molar-refractivity contribution < 1.29 is 8.78 Å². The second-order valence-electron chi connectivity index (χ2n) is 2.24. The summed E-state index contributed by atoms with van der Waals surface area (Å²) in [4.78, 5) is 7.00. The van der Waals surface area contributed by atoms with Crippen molar-refractivity contribution in [3.05, 3.63) is 15.9 Å². The Kier molecular flexibility index (Phi) is 3.22. The molecule has 0 unspecified atom stereocenters. The van der Waals surface area contributed by atoms with E-state index in [1.807, 2.05) is 0 Å². The van der Waals surface area contributed by atoms with Gasteiger partial charge in [0.15, 0.2) is 0 Å². The van der Waals surface area contributed by atoms with Crippen LogP contribution >= 0.6 is 23.2 Å². The van der Waals surface area contributed by atoms with E-state index in [2.05, 4.69) is 9.97 Å². The minimum Gasteiger partial charge on any atom is -0.368 e. The van der Waals surface area contributed by atoms with Gasteiger partial charge in [0.1, 0.15) is 10.3 Å². The fraction of sp³-hybridized carbons (Fsp3) is 0.333. The number of nitrogens with two attached hydrogens (primary N) is 1. The lowest BCUT2D eigenvalue weighted by Gasteiger charge is -2.04. The summed E-state index contributed by atoms with van der Waals surface area (Å²) in [5.41, 5.74) is 5.20. The highest BCUT2D eigenvalue weighted by molar-refractivity contribution is 6.34. The Morgan fingerprint density at radius 3 is 2.08 bits per heavy atom. The van der Waals surface area contributed by atoms with E-state index in [0.29, 0.717) is 0 Å². The van der Waals surface area contributed by atoms with E-state index in [9.17, 15) is 8.78 Å². The van der Waals surface area contributed by atoms with Crippen LogP contribution in [0.4, 0.5) is 14.7 Å². The van der Waals surface area contributed by atoms with E-state index in [4.69, 9.17) is 28.9 Å². The molecule has 0 atom stereocenters. The minimum atomic E-state index is -2.54. The van der Waals surface area contributed by atoms with Crippen molar-refractivity contribution in [3.63, 3.8) is 0 Å². The smallest absolute Gasteiger partial charge is 0.242 e. The third kappa shape index (κ3) is 2.63. The van der Waals surface area contributed by atoms with E-state index in [-0.39, 0.29) is 21.8 Å². The first-order chi connectivity index (χ1) is 6.00. The maximum atomic E-state index is 12.0. The topological polar surface area (TPSA) is 51.8 Å². The maximum absolute atomic E-state index is 12.0. The highest BCUT2D eigenvalue weighted by Gasteiger charge is 2.14. The van der Waals surface area contributed by atoms with Crippen molar-refractivity contribution in [2.45, 2.75) is 12.8 Å². The minimum absolute atomic E-state index is 0.0209. The molecule has 7 heteroatoms. The Morgan fingerprint density at radius 1 is 1.23 bits per heavy atom. The number of hydrogen-bond donors (Lipinski definition) is 1. The molecule has 2 N–H and O–H groups in total. The summed E-state index contributed by atoms with van der Waals surface area (Å²) in [7, 11) is 0. The quantitative estimate of drug-likeness (QED) is 0.789. The van der Waals surface area contributed by atoms with Crippen LogP contribution in [0.15, 0.2) is 0 Å². The van der Waals surface area contributed by atoms with Gasteiger partial charge < -0.3 is 5.73 Å². The highest BCUT2D eigenvalue weighted by Crippen LogP contribution is 2.24. The molecular formula is C6H5Cl2F2N3. The van der Waals surface area contributed by atoms with Crippen LogP contribution < -0.4 is 5.73 Å². The Balaban J connectivity index is 3.06. The summed E-state index contributed by atoms with van der Waals surface area (Å²) in [5, 5.41) is -0.254. The average Bonchev–Trinajstić information content (AvgIpc) is 1.96. The first-order valence-corrected chi connectivity index (χ1v) is 4.02. The molecule has 0 aliphatic heterocycles. The zero-order chi connectivity index (χ0) is 10.0. The van der Waals surface area contributed by atoms with E-state index >= 15 is 0 Å². The fourth-order valence-corrected chi connectivity index (χ4v) is 1.32. The van der Waals surface area contributed by atoms with Crippen LogP contribution in [-0.4, -0.2) is 16.4 Å². The summed E-state index contributed by atoms with van der Waals surface area (Å²) in [6.07, 6.45) is -3.11. The third-order valence-corrected chi connectivity index (χ3v) is 1.91. The Labute approximate surface area is 82.9 Å². The zero-order valence-electron chi connectivity index (χ0n) is 6.27. The average molecular weight is 228 g/mol. The number of aromatic nitrogens is 2. The molecular weight excluding hydrogens is 223 g/mol. The summed E-state index contributed by atoms with van der Waals surface area (Å²) in [5.74, 6) is -0.131. The molecule has 72 valence electrons. The molecule has 0 radical (unpaired) electrons. The molecule has 0 aliphatic rings. The molecule has 0 aliphatic carbocycles. The standard InChI is InChI=1S/C6H5Cl2F2N3/c7-4-2(1-3(9)10)5(8)13-6(11)12-4/h3H,1H2,(H2,11,12,13). The van der Waals surface area contributed by atoms with Gasteiger partial charge in [-0.15, -0.1) is 0 Å². The number of nitrogen functional groups attached to an aromatic ring is 1. The molecule has 1 rings (SSSR count). The van der Waals surface area contributed by atoms with Gasteiger partial charge in [-0.05, 0) is 0 Å². The normalized spacial score (nSPS) is 10.8. The number of hydrogen-bond acceptors (Lipinski definition) is 3. The lowest BCUT2D eigenvalue weighted by Crippen LogP contribution is -2.04. The van der Waals surface area contributed by atoms with Crippen molar-refractivity contribution in [3.8, 4) is 0 Å². The molecule has 0 amide bonds. The van der Waals surface area contributed by atoms with Crippen molar-refractivity contribution in [2.75, 3.05) is 5.73 Å². The summed E-state index contributed by atoms with van der Waals surface area (Å²) >= 11 is 11.1. The first kappa shape index (κ1) is 10.4. The van der Waals surface area contributed by atoms with E-state index < -0.39 is 12.8 Å². The van der Waals surface area contributed by atoms with Gasteiger partial charge in [-0.2, -0.15) is 0 Å². The Hall–Kier alpha value is -0.680. The Bertz CT molecular complexity index is 296. The van der Waals surface area contributed by atoms with Gasteiger partial charge in [-0.25, -0.2) is 18.7 Å². The third-order valence-electron chi connectivity index (χ3n) is 1.28. The van der Waals surface area contributed by atoms with Gasteiger partial charge in [0.2, 0.25) is 12.4 Å². The molecule has 3 nitrogen and oxygen atoms in total. The summed E-state index contributed by atoms with van der Waals surface area (Å²) < 4.78 is 24.0. The molecule has 0 fully saturated rings. The molecule has 1 heterocycles. The first-order valence-electron chi connectivity index (χ1n) is 3.26. The number of nitrogens with zero attached hydrogens (tertiary/aromatic N) is 2. The number of halogens is 4. The largest absolute Gasteiger partial charge is 0.368 e. The number of anilines is 1. The second kappa shape index (κ2) is 4.02. The Morgan fingerprint density at radius 2 is 1.69 bits per heavy atom. The summed E-state index contributed by atoms with van der Waals surface area (Å²) in [6.45, 7) is 0. The van der Waals surface area contributed by atoms with E-state index in [1.165, 1.54) is 0 Å². The van der Waals surface area contributed by atoms with Crippen LogP contribution in [0.25, 0.3) is 0 Å². The van der Waals surface area contributed by atoms with Gasteiger partial charge >= 0.3 is 0 Å². The van der Waals surface area contributed by atoms with Crippen LogP contribution in [-0.2, 0) is 6.42 Å². The highest BCUT2D eigenvalue weighted by atomic mass is 35.5. The second-order valence-corrected chi connectivity index (χ2v) is 2.95. The lowest BCUT2D eigenvalue weighted by atomic mass is 10.2. The summed E-state index contributed by atoms with van der Waals surface area (Å²) in [6, 6.07) is 0. The predicted molar refractivity (Wildman–Crippen MR) is 46.2 cm³/mol. The predicted octanol–water partition coefficient (Wildman–Crippen LogP) is 2.17. The molecule has 0 saturated heterocycles. The van der Waals surface area contributed by atoms with Gasteiger partial charge in [0.05, 0.1) is 0 Å². The molecule has 0 spiro atoms. The molecule has 13 heavy (non-hydrogen) atoms. The maximum Gasteiger partial charge on any atom is 0.242 e. The van der Waals surface area contributed by atoms with Crippen LogP contribution in [0.1, 0.15) is 5.56 Å². The molecule has 1 aromatic rings. The SMILES string of the molecule is Nc1nc(Cl)c(CC(F)F)c(Cl)n1.